The van der Waals surface area contributed by atoms with E-state index >= 15 is 0 Å². The standard InChI is InChI=1S/C31H43N5O6/c1-35-11-6-9-25(35)30(40)32-23(7-3-4-10-27(38)42-2)29(39)33-24-8-5-12-36(31(24)41)18-26(37)34-28-21-14-19-13-20(16-21)17-22(28)15-19/h4-5,8,10,12,19-23,25,28H,3,6-7,9,11,13-18H2,1-2H3,(H,32,40)(H,33,39)(H,34,37)/b10-4+/t19?,20?,21?,22?,23?,25-,28?/m0/s1. The summed E-state index contributed by atoms with van der Waals surface area (Å²) in [6, 6.07) is 2.04. The maximum absolute atomic E-state index is 13.3. The first kappa shape index (κ1) is 30.0. The number of rotatable bonds is 11. The smallest absolute Gasteiger partial charge is 0.330 e. The van der Waals surface area contributed by atoms with Crippen molar-refractivity contribution in [3.8, 4) is 0 Å². The van der Waals surface area contributed by atoms with Crippen LogP contribution >= 0.6 is 0 Å². The predicted octanol–water partition coefficient (Wildman–Crippen LogP) is 1.82. The van der Waals surface area contributed by atoms with Crippen molar-refractivity contribution in [2.24, 2.45) is 23.7 Å². The van der Waals surface area contributed by atoms with Crippen LogP contribution in [0, 0.1) is 23.7 Å². The number of esters is 1. The Hall–Kier alpha value is -3.47. The number of carbonyl (C=O) groups excluding carboxylic acids is 4. The van der Waals surface area contributed by atoms with Crippen molar-refractivity contribution in [1.29, 1.82) is 0 Å². The summed E-state index contributed by atoms with van der Waals surface area (Å²) in [5.41, 5.74) is -0.454. The van der Waals surface area contributed by atoms with E-state index in [0.717, 1.165) is 24.8 Å². The van der Waals surface area contributed by atoms with Gasteiger partial charge in [-0.1, -0.05) is 6.08 Å². The topological polar surface area (TPSA) is 139 Å². The van der Waals surface area contributed by atoms with Crippen LogP contribution < -0.4 is 21.5 Å². The summed E-state index contributed by atoms with van der Waals surface area (Å²) >= 11 is 0. The third-order valence-corrected chi connectivity index (χ3v) is 9.68. The average Bonchev–Trinajstić information content (AvgIpc) is 3.39. The normalized spacial score (nSPS) is 28.9. The molecule has 0 spiro atoms. The third-order valence-electron chi connectivity index (χ3n) is 9.68. The van der Waals surface area contributed by atoms with Crippen molar-refractivity contribution in [1.82, 2.24) is 20.1 Å². The number of ether oxygens (including phenoxy) is 1. The Morgan fingerprint density at radius 3 is 2.45 bits per heavy atom. The number of hydrogen-bond acceptors (Lipinski definition) is 7. The van der Waals surface area contributed by atoms with Gasteiger partial charge >= 0.3 is 5.97 Å². The fourth-order valence-corrected chi connectivity index (χ4v) is 7.81. The van der Waals surface area contributed by atoms with Crippen molar-refractivity contribution < 1.29 is 23.9 Å². The first-order valence-electron chi connectivity index (χ1n) is 15.3. The highest BCUT2D eigenvalue weighted by atomic mass is 16.5. The van der Waals surface area contributed by atoms with Crippen LogP contribution in [0.3, 0.4) is 0 Å². The summed E-state index contributed by atoms with van der Waals surface area (Å²) in [5.74, 6) is 1.19. The van der Waals surface area contributed by atoms with E-state index < -0.39 is 23.5 Å². The van der Waals surface area contributed by atoms with E-state index in [0.29, 0.717) is 24.7 Å². The van der Waals surface area contributed by atoms with Crippen LogP contribution in [0.15, 0.2) is 35.3 Å². The molecule has 4 saturated carbocycles. The molecule has 1 aromatic rings. The van der Waals surface area contributed by atoms with Gasteiger partial charge in [0.05, 0.1) is 13.2 Å². The first-order chi connectivity index (χ1) is 20.2. The molecule has 3 amide bonds. The van der Waals surface area contributed by atoms with E-state index in [9.17, 15) is 24.0 Å². The van der Waals surface area contributed by atoms with Crippen LogP contribution in [-0.4, -0.2) is 72.0 Å². The Kier molecular flexibility index (Phi) is 9.45. The second kappa shape index (κ2) is 13.2. The summed E-state index contributed by atoms with van der Waals surface area (Å²) in [7, 11) is 3.15. The molecule has 1 saturated heterocycles. The minimum atomic E-state index is -0.929. The van der Waals surface area contributed by atoms with E-state index in [4.69, 9.17) is 0 Å². The van der Waals surface area contributed by atoms with Crippen molar-refractivity contribution in [3.05, 3.63) is 40.8 Å². The van der Waals surface area contributed by atoms with E-state index in [1.165, 1.54) is 55.9 Å². The van der Waals surface area contributed by atoms with Crippen LogP contribution in [0.1, 0.15) is 57.8 Å². The molecule has 2 atom stereocenters. The molecule has 1 aliphatic heterocycles. The number of carbonyl (C=O) groups is 4. The molecule has 5 fully saturated rings. The molecular formula is C31H43N5O6. The highest BCUT2D eigenvalue weighted by Gasteiger charge is 2.48. The van der Waals surface area contributed by atoms with Crippen LogP contribution in [0.4, 0.5) is 5.69 Å². The van der Waals surface area contributed by atoms with Crippen molar-refractivity contribution >= 4 is 29.4 Å². The number of likely N-dealkylation sites (N-methyl/N-ethyl adjacent to an activating group) is 1. The number of nitrogens with zero attached hydrogens (tertiary/aromatic N) is 2. The van der Waals surface area contributed by atoms with Gasteiger partial charge in [-0.3, -0.25) is 24.1 Å². The molecule has 2 heterocycles. The highest BCUT2D eigenvalue weighted by Crippen LogP contribution is 2.53. The number of anilines is 1. The van der Waals surface area contributed by atoms with Crippen LogP contribution in [0.25, 0.3) is 0 Å². The van der Waals surface area contributed by atoms with Crippen LogP contribution in [0.2, 0.25) is 0 Å². The lowest BCUT2D eigenvalue weighted by atomic mass is 9.54. The van der Waals surface area contributed by atoms with E-state index in [2.05, 4.69) is 20.7 Å². The van der Waals surface area contributed by atoms with Gasteiger partial charge in [-0.05, 0) is 107 Å². The zero-order valence-corrected chi connectivity index (χ0v) is 24.6. The Morgan fingerprint density at radius 1 is 1.10 bits per heavy atom. The monoisotopic (exact) mass is 581 g/mol. The lowest BCUT2D eigenvalue weighted by Gasteiger charge is -2.54. The second-order valence-corrected chi connectivity index (χ2v) is 12.6. The van der Waals surface area contributed by atoms with Gasteiger partial charge in [0, 0.05) is 18.3 Å². The summed E-state index contributed by atoms with van der Waals surface area (Å²) in [5, 5.41) is 8.73. The molecular weight excluding hydrogens is 538 g/mol. The first-order valence-corrected chi connectivity index (χ1v) is 15.3. The molecule has 0 aromatic carbocycles. The van der Waals surface area contributed by atoms with Crippen molar-refractivity contribution in [2.45, 2.75) is 82.5 Å². The minimum Gasteiger partial charge on any atom is -0.466 e. The molecule has 42 heavy (non-hydrogen) atoms. The van der Waals surface area contributed by atoms with Crippen molar-refractivity contribution in [2.75, 3.05) is 26.0 Å². The van der Waals surface area contributed by atoms with Gasteiger partial charge in [0.1, 0.15) is 18.3 Å². The lowest BCUT2D eigenvalue weighted by Crippen LogP contribution is -2.56. The van der Waals surface area contributed by atoms with Gasteiger partial charge in [-0.2, -0.15) is 0 Å². The molecule has 11 nitrogen and oxygen atoms in total. The molecule has 6 rings (SSSR count). The van der Waals surface area contributed by atoms with Crippen LogP contribution in [-0.2, 0) is 30.5 Å². The largest absolute Gasteiger partial charge is 0.466 e. The van der Waals surface area contributed by atoms with E-state index in [1.54, 1.807) is 18.3 Å². The predicted molar refractivity (Wildman–Crippen MR) is 156 cm³/mol. The number of nitrogens with one attached hydrogen (secondary N) is 3. The van der Waals surface area contributed by atoms with Gasteiger partial charge < -0.3 is 25.3 Å². The highest BCUT2D eigenvalue weighted by molar-refractivity contribution is 5.97. The molecule has 5 aliphatic rings. The van der Waals surface area contributed by atoms with Gasteiger partial charge in [-0.25, -0.2) is 4.79 Å². The molecule has 11 heteroatoms. The van der Waals surface area contributed by atoms with E-state index in [1.807, 2.05) is 11.9 Å². The number of methoxy groups -OCH3 is 1. The number of aromatic nitrogens is 1. The number of allylic oxidation sites excluding steroid dienone is 1. The summed E-state index contributed by atoms with van der Waals surface area (Å²) < 4.78 is 5.91. The number of likely N-dealkylation sites (tertiary alicyclic amines) is 1. The minimum absolute atomic E-state index is 0.0345. The molecule has 228 valence electrons. The fraction of sp³-hybridized carbons (Fsp3) is 0.645. The fourth-order valence-electron chi connectivity index (χ4n) is 7.81. The molecule has 1 aromatic heterocycles. The Morgan fingerprint density at radius 2 is 1.81 bits per heavy atom. The summed E-state index contributed by atoms with van der Waals surface area (Å²) in [4.78, 5) is 66.0. The maximum atomic E-state index is 13.3. The maximum Gasteiger partial charge on any atom is 0.330 e. The molecule has 4 bridgehead atoms. The molecule has 0 radical (unpaired) electrons. The Balaban J connectivity index is 1.22. The van der Waals surface area contributed by atoms with Gasteiger partial charge in [-0.15, -0.1) is 0 Å². The molecule has 3 N–H and O–H groups in total. The van der Waals surface area contributed by atoms with Gasteiger partial charge in [0.25, 0.3) is 5.56 Å². The van der Waals surface area contributed by atoms with Gasteiger partial charge in [0.2, 0.25) is 17.7 Å². The average molecular weight is 582 g/mol. The SMILES string of the molecule is COC(=O)/C=C/CCC(NC(=O)[C@@H]1CCCN1C)C(=O)Nc1cccn(CC(=O)NC2C3CC4CC(C3)CC2C4)c1=O. The van der Waals surface area contributed by atoms with E-state index in [-0.39, 0.29) is 42.6 Å². The van der Waals surface area contributed by atoms with Crippen LogP contribution in [0.5, 0.6) is 0 Å². The van der Waals surface area contributed by atoms with Gasteiger partial charge in [0.15, 0.2) is 0 Å². The second-order valence-electron chi connectivity index (χ2n) is 12.6. The number of pyridine rings is 1. The number of amides is 3. The third kappa shape index (κ3) is 6.94. The zero-order valence-electron chi connectivity index (χ0n) is 24.6. The molecule has 4 aliphatic carbocycles. The lowest BCUT2D eigenvalue weighted by molar-refractivity contribution is -0.135. The van der Waals surface area contributed by atoms with Crippen molar-refractivity contribution in [3.63, 3.8) is 0 Å². The summed E-state index contributed by atoms with van der Waals surface area (Å²) in [6.07, 6.45) is 12.6. The Labute approximate surface area is 246 Å². The zero-order chi connectivity index (χ0) is 29.8. The quantitative estimate of drug-likeness (QED) is 0.268. The number of hydrogen-bond donors (Lipinski definition) is 3. The molecule has 1 unspecified atom stereocenters. The summed E-state index contributed by atoms with van der Waals surface area (Å²) in [6.45, 7) is 0.675. The Bertz CT molecular complexity index is 1250.